The van der Waals surface area contributed by atoms with E-state index >= 15 is 0 Å². The zero-order valence-corrected chi connectivity index (χ0v) is 36.4. The van der Waals surface area contributed by atoms with Gasteiger partial charge in [-0.2, -0.15) is 0 Å². The molecule has 0 fully saturated rings. The molecule has 2 N–H and O–H groups in total. The van der Waals surface area contributed by atoms with Gasteiger partial charge < -0.3 is 28.8 Å². The monoisotopic (exact) mass is 771 g/mol. The summed E-state index contributed by atoms with van der Waals surface area (Å²) in [4.78, 5) is 25.2. The molecule has 0 heterocycles. The van der Waals surface area contributed by atoms with E-state index in [1.54, 1.807) is 6.08 Å². The average Bonchev–Trinajstić information content (AvgIpc) is 3.10. The van der Waals surface area contributed by atoms with E-state index in [0.29, 0.717) is 17.4 Å². The molecule has 0 aliphatic rings. The van der Waals surface area contributed by atoms with Crippen molar-refractivity contribution in [3.05, 3.63) is 24.3 Å². The Bertz CT molecular complexity index is 922. The van der Waals surface area contributed by atoms with Crippen LogP contribution in [0.1, 0.15) is 200 Å². The van der Waals surface area contributed by atoms with Crippen LogP contribution in [0.2, 0.25) is 0 Å². The molecule has 314 valence electrons. The molecule has 0 aromatic heterocycles. The van der Waals surface area contributed by atoms with Crippen molar-refractivity contribution >= 4 is 13.7 Å². The Morgan fingerprint density at radius 2 is 1.06 bits per heavy atom. The number of phosphoric acid groups is 1. The van der Waals surface area contributed by atoms with E-state index in [9.17, 15) is 19.4 Å². The topological polar surface area (TPSA) is 108 Å². The van der Waals surface area contributed by atoms with Gasteiger partial charge in [-0.3, -0.25) is 9.36 Å². The van der Waals surface area contributed by atoms with Gasteiger partial charge in [0.25, 0.3) is 7.82 Å². The van der Waals surface area contributed by atoms with Crippen molar-refractivity contribution in [2.75, 3.05) is 40.9 Å². The van der Waals surface area contributed by atoms with Gasteiger partial charge >= 0.3 is 0 Å². The molecule has 3 atom stereocenters. The fourth-order valence-electron chi connectivity index (χ4n) is 6.34. The van der Waals surface area contributed by atoms with Crippen molar-refractivity contribution in [3.8, 4) is 0 Å². The number of aliphatic hydroxyl groups is 1. The second-order valence-corrected chi connectivity index (χ2v) is 17.8. The Balaban J connectivity index is 4.37. The lowest BCUT2D eigenvalue weighted by molar-refractivity contribution is -0.870. The molecule has 0 saturated carbocycles. The molecule has 0 rings (SSSR count). The van der Waals surface area contributed by atoms with Crippen molar-refractivity contribution in [1.29, 1.82) is 0 Å². The maximum Gasteiger partial charge on any atom is 0.268 e. The molecule has 0 aromatic rings. The van der Waals surface area contributed by atoms with Crippen LogP contribution >= 0.6 is 7.82 Å². The normalized spacial score (nSPS) is 14.6. The minimum Gasteiger partial charge on any atom is -0.756 e. The highest BCUT2D eigenvalue weighted by Gasteiger charge is 2.23. The number of unbranched alkanes of at least 4 members (excludes halogenated alkanes) is 25. The van der Waals surface area contributed by atoms with Gasteiger partial charge in [0.2, 0.25) is 5.91 Å². The van der Waals surface area contributed by atoms with E-state index in [1.165, 1.54) is 141 Å². The highest BCUT2D eigenvalue weighted by Crippen LogP contribution is 2.38. The minimum absolute atomic E-state index is 0.00443. The number of nitrogens with one attached hydrogen (secondary N) is 1. The molecule has 9 heteroatoms. The Morgan fingerprint density at radius 1 is 0.642 bits per heavy atom. The Morgan fingerprint density at radius 3 is 1.53 bits per heavy atom. The lowest BCUT2D eigenvalue weighted by Gasteiger charge is -2.29. The van der Waals surface area contributed by atoms with Crippen LogP contribution in [0.5, 0.6) is 0 Å². The van der Waals surface area contributed by atoms with Crippen LogP contribution in [-0.4, -0.2) is 68.5 Å². The number of allylic oxidation sites excluding steroid dienone is 3. The van der Waals surface area contributed by atoms with Crippen molar-refractivity contribution in [2.45, 2.75) is 212 Å². The first-order valence-corrected chi connectivity index (χ1v) is 23.7. The maximum absolute atomic E-state index is 12.8. The molecule has 0 spiro atoms. The second-order valence-electron chi connectivity index (χ2n) is 16.4. The summed E-state index contributed by atoms with van der Waals surface area (Å²) < 4.78 is 23.1. The minimum atomic E-state index is -4.59. The third-order valence-electron chi connectivity index (χ3n) is 9.91. The quantitative estimate of drug-likeness (QED) is 0.0278. The van der Waals surface area contributed by atoms with Crippen molar-refractivity contribution < 1.29 is 32.9 Å². The summed E-state index contributed by atoms with van der Waals surface area (Å²) in [6.07, 6.45) is 42.3. The van der Waals surface area contributed by atoms with Gasteiger partial charge in [-0.05, 0) is 32.1 Å². The summed E-state index contributed by atoms with van der Waals surface area (Å²) in [5.41, 5.74) is 0. The van der Waals surface area contributed by atoms with Crippen LogP contribution in [0, 0.1) is 0 Å². The predicted molar refractivity (Wildman–Crippen MR) is 224 cm³/mol. The van der Waals surface area contributed by atoms with Gasteiger partial charge in [-0.1, -0.05) is 186 Å². The van der Waals surface area contributed by atoms with Crippen molar-refractivity contribution in [2.24, 2.45) is 0 Å². The third kappa shape index (κ3) is 39.0. The number of aliphatic hydroxyl groups excluding tert-OH is 1. The lowest BCUT2D eigenvalue weighted by Crippen LogP contribution is -2.45. The number of carbonyl (C=O) groups is 1. The third-order valence-corrected chi connectivity index (χ3v) is 10.9. The summed E-state index contributed by atoms with van der Waals surface area (Å²) in [5.74, 6) is -0.206. The Hall–Kier alpha value is -1.02. The zero-order valence-electron chi connectivity index (χ0n) is 35.5. The fourth-order valence-corrected chi connectivity index (χ4v) is 7.07. The number of nitrogens with zero attached hydrogens (tertiary/aromatic N) is 1. The molecule has 0 aliphatic carbocycles. The molecule has 0 aliphatic heterocycles. The first-order chi connectivity index (χ1) is 25.5. The number of carbonyl (C=O) groups excluding carboxylic acids is 1. The summed E-state index contributed by atoms with van der Waals surface area (Å²) in [6.45, 7) is 4.61. The van der Waals surface area contributed by atoms with Crippen LogP contribution in [0.25, 0.3) is 0 Å². The van der Waals surface area contributed by atoms with Crippen LogP contribution in [0.15, 0.2) is 24.3 Å². The first kappa shape index (κ1) is 52.0. The smallest absolute Gasteiger partial charge is 0.268 e. The SMILES string of the molecule is CCCCCCCC/C=C/CC/C=C/C(O)C(COP(=O)([O-])OCC[N+](C)(C)C)NC(=O)CCCCCCCCCCCCCCCCCCCCC. The second kappa shape index (κ2) is 36.6. The number of amides is 1. The van der Waals surface area contributed by atoms with Crippen molar-refractivity contribution in [3.63, 3.8) is 0 Å². The van der Waals surface area contributed by atoms with E-state index in [4.69, 9.17) is 9.05 Å². The summed E-state index contributed by atoms with van der Waals surface area (Å²) in [5, 5.41) is 13.7. The highest BCUT2D eigenvalue weighted by molar-refractivity contribution is 7.45. The largest absolute Gasteiger partial charge is 0.756 e. The summed E-state index contributed by atoms with van der Waals surface area (Å²) in [6, 6.07) is -0.897. The fraction of sp³-hybridized carbons (Fsp3) is 0.886. The first-order valence-electron chi connectivity index (χ1n) is 22.2. The zero-order chi connectivity index (χ0) is 39.3. The van der Waals surface area contributed by atoms with Gasteiger partial charge in [0.15, 0.2) is 0 Å². The predicted octanol–water partition coefficient (Wildman–Crippen LogP) is 11.5. The molecular formula is C44H87N2O6P. The summed E-state index contributed by atoms with van der Waals surface area (Å²) >= 11 is 0. The van der Waals surface area contributed by atoms with E-state index < -0.39 is 20.0 Å². The molecule has 0 bridgehead atoms. The van der Waals surface area contributed by atoms with Gasteiger partial charge in [0.05, 0.1) is 39.9 Å². The van der Waals surface area contributed by atoms with Crippen LogP contribution in [-0.2, 0) is 18.4 Å². The number of rotatable bonds is 40. The van der Waals surface area contributed by atoms with E-state index in [2.05, 4.69) is 31.3 Å². The number of hydrogen-bond donors (Lipinski definition) is 2. The van der Waals surface area contributed by atoms with Gasteiger partial charge in [0, 0.05) is 6.42 Å². The summed E-state index contributed by atoms with van der Waals surface area (Å²) in [7, 11) is 1.25. The van der Waals surface area contributed by atoms with Gasteiger partial charge in [-0.15, -0.1) is 0 Å². The average molecular weight is 771 g/mol. The molecule has 8 nitrogen and oxygen atoms in total. The molecule has 3 unspecified atom stereocenters. The van der Waals surface area contributed by atoms with E-state index in [-0.39, 0.29) is 19.1 Å². The number of likely N-dealkylation sites (N-methyl/N-ethyl adjacent to an activating group) is 1. The Kier molecular flexibility index (Phi) is 35.9. The number of quaternary nitrogens is 1. The molecule has 53 heavy (non-hydrogen) atoms. The number of hydrogen-bond acceptors (Lipinski definition) is 6. The molecule has 0 aromatic carbocycles. The highest BCUT2D eigenvalue weighted by atomic mass is 31.2. The van der Waals surface area contributed by atoms with Crippen LogP contribution < -0.4 is 10.2 Å². The Labute approximate surface area is 328 Å². The van der Waals surface area contributed by atoms with Crippen LogP contribution in [0.3, 0.4) is 0 Å². The van der Waals surface area contributed by atoms with Crippen molar-refractivity contribution in [1.82, 2.24) is 5.32 Å². The maximum atomic E-state index is 12.8. The number of phosphoric ester groups is 1. The van der Waals surface area contributed by atoms with Gasteiger partial charge in [0.1, 0.15) is 13.2 Å². The van der Waals surface area contributed by atoms with E-state index in [1.807, 2.05) is 27.2 Å². The van der Waals surface area contributed by atoms with Gasteiger partial charge in [-0.25, -0.2) is 0 Å². The molecule has 0 radical (unpaired) electrons. The standard InChI is InChI=1S/C44H87N2O6P/c1-6-8-10-12-14-16-18-20-21-22-23-24-25-26-28-30-32-34-36-38-44(48)45-42(41-52-53(49,50)51-40-39-46(3,4)5)43(47)37-35-33-31-29-27-19-17-15-13-11-9-7-2/h27,29,35,37,42-43,47H,6-26,28,30-34,36,38-41H2,1-5H3,(H-,45,48,49,50)/b29-27+,37-35+. The van der Waals surface area contributed by atoms with Crippen LogP contribution in [0.4, 0.5) is 0 Å². The molecule has 0 saturated heterocycles. The molecular weight excluding hydrogens is 683 g/mol. The van der Waals surface area contributed by atoms with E-state index in [0.717, 1.165) is 38.5 Å². The lowest BCUT2D eigenvalue weighted by atomic mass is 10.0. The molecule has 1 amide bonds.